The minimum atomic E-state index is 0.591. The number of rotatable bonds is 6. The molecule has 0 spiro atoms. The molecular formula is C12H19N3. The fourth-order valence-corrected chi connectivity index (χ4v) is 1.32. The monoisotopic (exact) mass is 205 g/mol. The summed E-state index contributed by atoms with van der Waals surface area (Å²) in [7, 11) is 0. The Morgan fingerprint density at radius 2 is 2.33 bits per heavy atom. The van der Waals surface area contributed by atoms with Crippen molar-refractivity contribution in [1.29, 1.82) is 0 Å². The molecule has 3 nitrogen and oxygen atoms in total. The molecule has 1 aromatic rings. The zero-order valence-electron chi connectivity index (χ0n) is 9.24. The van der Waals surface area contributed by atoms with Gasteiger partial charge in [-0.1, -0.05) is 19.1 Å². The summed E-state index contributed by atoms with van der Waals surface area (Å²) in [5.41, 5.74) is 6.79. The lowest BCUT2D eigenvalue weighted by Gasteiger charge is -1.98. The van der Waals surface area contributed by atoms with Crippen LogP contribution in [-0.2, 0) is 6.42 Å². The molecule has 0 saturated heterocycles. The fraction of sp³-hybridized carbons (Fsp3) is 0.417. The van der Waals surface area contributed by atoms with E-state index in [2.05, 4.69) is 29.4 Å². The van der Waals surface area contributed by atoms with Gasteiger partial charge in [-0.25, -0.2) is 4.98 Å². The van der Waals surface area contributed by atoms with Crippen LogP contribution in [0.3, 0.4) is 0 Å². The Bertz CT molecular complexity index is 307. The van der Waals surface area contributed by atoms with Gasteiger partial charge in [0.25, 0.3) is 0 Å². The van der Waals surface area contributed by atoms with Gasteiger partial charge < -0.3 is 11.1 Å². The number of nitrogen functional groups attached to an aromatic ring is 1. The average Bonchev–Trinajstić information content (AvgIpc) is 2.23. The average molecular weight is 205 g/mol. The molecule has 0 saturated carbocycles. The maximum atomic E-state index is 5.58. The number of hydrogen-bond acceptors (Lipinski definition) is 3. The molecule has 3 heteroatoms. The van der Waals surface area contributed by atoms with Crippen molar-refractivity contribution in [3.8, 4) is 0 Å². The van der Waals surface area contributed by atoms with Crippen molar-refractivity contribution >= 4 is 5.82 Å². The van der Waals surface area contributed by atoms with Crippen molar-refractivity contribution in [3.63, 3.8) is 0 Å². The highest BCUT2D eigenvalue weighted by Crippen LogP contribution is 2.04. The van der Waals surface area contributed by atoms with Crippen LogP contribution in [0.4, 0.5) is 5.82 Å². The number of nitrogens with one attached hydrogen (secondary N) is 1. The van der Waals surface area contributed by atoms with Crippen LogP contribution in [-0.4, -0.2) is 18.1 Å². The Kier molecular flexibility index (Phi) is 5.48. The Balaban J connectivity index is 2.24. The van der Waals surface area contributed by atoms with Gasteiger partial charge in [-0.3, -0.25) is 0 Å². The first kappa shape index (κ1) is 11.7. The summed E-state index contributed by atoms with van der Waals surface area (Å²) in [6.45, 7) is 4.20. The maximum Gasteiger partial charge on any atom is 0.123 e. The van der Waals surface area contributed by atoms with E-state index in [0.717, 1.165) is 25.9 Å². The maximum absolute atomic E-state index is 5.58. The molecule has 0 fully saturated rings. The number of hydrogen-bond donors (Lipinski definition) is 2. The summed E-state index contributed by atoms with van der Waals surface area (Å²) in [5, 5.41) is 3.27. The minimum Gasteiger partial charge on any atom is -0.384 e. The van der Waals surface area contributed by atoms with Crippen LogP contribution in [0, 0.1) is 0 Å². The molecule has 82 valence electrons. The van der Waals surface area contributed by atoms with Gasteiger partial charge in [0.1, 0.15) is 5.82 Å². The van der Waals surface area contributed by atoms with Crippen molar-refractivity contribution in [2.75, 3.05) is 18.8 Å². The van der Waals surface area contributed by atoms with E-state index >= 15 is 0 Å². The Labute approximate surface area is 91.4 Å². The third kappa shape index (κ3) is 5.18. The van der Waals surface area contributed by atoms with E-state index in [9.17, 15) is 0 Å². The first-order valence-corrected chi connectivity index (χ1v) is 5.39. The molecule has 0 aliphatic heterocycles. The van der Waals surface area contributed by atoms with Crippen molar-refractivity contribution in [2.45, 2.75) is 19.8 Å². The van der Waals surface area contributed by atoms with Crippen LogP contribution < -0.4 is 11.1 Å². The van der Waals surface area contributed by atoms with Crippen LogP contribution in [0.5, 0.6) is 0 Å². The van der Waals surface area contributed by atoms with Crippen LogP contribution in [0.2, 0.25) is 0 Å². The Morgan fingerprint density at radius 3 is 3.07 bits per heavy atom. The van der Waals surface area contributed by atoms with Gasteiger partial charge in [-0.05, 0) is 43.6 Å². The van der Waals surface area contributed by atoms with Gasteiger partial charge >= 0.3 is 0 Å². The molecule has 3 N–H and O–H groups in total. The molecule has 0 atom stereocenters. The fourth-order valence-electron chi connectivity index (χ4n) is 1.32. The number of anilines is 1. The molecule has 1 aromatic heterocycles. The van der Waals surface area contributed by atoms with E-state index in [4.69, 9.17) is 5.73 Å². The van der Waals surface area contributed by atoms with Crippen molar-refractivity contribution < 1.29 is 0 Å². The minimum absolute atomic E-state index is 0.591. The largest absolute Gasteiger partial charge is 0.384 e. The van der Waals surface area contributed by atoms with E-state index < -0.39 is 0 Å². The van der Waals surface area contributed by atoms with Crippen LogP contribution in [0.15, 0.2) is 30.5 Å². The summed E-state index contributed by atoms with van der Waals surface area (Å²) in [6.07, 6.45) is 8.12. The van der Waals surface area contributed by atoms with E-state index in [-0.39, 0.29) is 0 Å². The first-order chi connectivity index (χ1) is 7.33. The molecule has 0 bridgehead atoms. The zero-order chi connectivity index (χ0) is 10.9. The van der Waals surface area contributed by atoms with Crippen LogP contribution in [0.25, 0.3) is 0 Å². The third-order valence-electron chi connectivity index (χ3n) is 2.10. The summed E-state index contributed by atoms with van der Waals surface area (Å²) >= 11 is 0. The second-order valence-electron chi connectivity index (χ2n) is 3.41. The smallest absolute Gasteiger partial charge is 0.123 e. The lowest BCUT2D eigenvalue weighted by atomic mass is 10.2. The van der Waals surface area contributed by atoms with Crippen molar-refractivity contribution in [2.24, 2.45) is 0 Å². The SMILES string of the molecule is CCNCCC=CCc1ccnc(N)c1. The number of allylic oxidation sites excluding steroid dienone is 1. The highest BCUT2D eigenvalue weighted by atomic mass is 14.8. The van der Waals surface area contributed by atoms with Gasteiger partial charge in [-0.15, -0.1) is 0 Å². The molecule has 15 heavy (non-hydrogen) atoms. The lowest BCUT2D eigenvalue weighted by molar-refractivity contribution is 0.726. The van der Waals surface area contributed by atoms with E-state index in [1.165, 1.54) is 5.56 Å². The Morgan fingerprint density at radius 1 is 1.47 bits per heavy atom. The second-order valence-corrected chi connectivity index (χ2v) is 3.41. The van der Waals surface area contributed by atoms with E-state index in [0.29, 0.717) is 5.82 Å². The highest BCUT2D eigenvalue weighted by Gasteiger charge is 1.90. The molecule has 0 amide bonds. The summed E-state index contributed by atoms with van der Waals surface area (Å²) in [5.74, 6) is 0.591. The van der Waals surface area contributed by atoms with Gasteiger partial charge in [0.2, 0.25) is 0 Å². The second kappa shape index (κ2) is 7.01. The number of nitrogens with two attached hydrogens (primary N) is 1. The molecule has 1 heterocycles. The van der Waals surface area contributed by atoms with Gasteiger partial charge in [0.15, 0.2) is 0 Å². The van der Waals surface area contributed by atoms with Gasteiger partial charge in [0, 0.05) is 6.20 Å². The molecule has 0 aromatic carbocycles. The normalized spacial score (nSPS) is 11.0. The quantitative estimate of drug-likeness (QED) is 0.549. The predicted molar refractivity (Wildman–Crippen MR) is 64.7 cm³/mol. The summed E-state index contributed by atoms with van der Waals surface area (Å²) in [4.78, 5) is 3.95. The van der Waals surface area contributed by atoms with Gasteiger partial charge in [0.05, 0.1) is 0 Å². The molecular weight excluding hydrogens is 186 g/mol. The van der Waals surface area contributed by atoms with Crippen LogP contribution in [0.1, 0.15) is 18.9 Å². The lowest BCUT2D eigenvalue weighted by Crippen LogP contribution is -2.12. The molecule has 0 radical (unpaired) electrons. The first-order valence-electron chi connectivity index (χ1n) is 5.39. The number of nitrogens with zero attached hydrogens (tertiary/aromatic N) is 1. The summed E-state index contributed by atoms with van der Waals surface area (Å²) in [6, 6.07) is 3.90. The molecule has 0 aliphatic carbocycles. The van der Waals surface area contributed by atoms with Crippen molar-refractivity contribution in [3.05, 3.63) is 36.0 Å². The predicted octanol–water partition coefficient (Wildman–Crippen LogP) is 1.76. The zero-order valence-corrected chi connectivity index (χ0v) is 9.24. The van der Waals surface area contributed by atoms with Crippen molar-refractivity contribution in [1.82, 2.24) is 10.3 Å². The van der Waals surface area contributed by atoms with Crippen LogP contribution >= 0.6 is 0 Å². The molecule has 0 unspecified atom stereocenters. The third-order valence-corrected chi connectivity index (χ3v) is 2.10. The van der Waals surface area contributed by atoms with E-state index in [1.807, 2.05) is 12.1 Å². The topological polar surface area (TPSA) is 50.9 Å². The standard InChI is InChI=1S/C12H19N3/c1-2-14-8-5-3-4-6-11-7-9-15-12(13)10-11/h3-4,7,9-10,14H,2,5-6,8H2,1H3,(H2,13,15). The number of pyridine rings is 1. The molecule has 1 rings (SSSR count). The van der Waals surface area contributed by atoms with E-state index in [1.54, 1.807) is 6.20 Å². The van der Waals surface area contributed by atoms with Gasteiger partial charge in [-0.2, -0.15) is 0 Å². The molecule has 0 aliphatic rings. The Hall–Kier alpha value is -1.35. The number of aromatic nitrogens is 1. The summed E-state index contributed by atoms with van der Waals surface area (Å²) < 4.78 is 0. The highest BCUT2D eigenvalue weighted by molar-refractivity contribution is 5.32.